The van der Waals surface area contributed by atoms with Crippen molar-refractivity contribution in [1.29, 1.82) is 0 Å². The molecule has 0 bridgehead atoms. The van der Waals surface area contributed by atoms with Crippen LogP contribution in [0.5, 0.6) is 0 Å². The average Bonchev–Trinajstić information content (AvgIpc) is 3.48. The fourth-order valence-electron chi connectivity index (χ4n) is 8.13. The van der Waals surface area contributed by atoms with Crippen LogP contribution in [0.3, 0.4) is 0 Å². The van der Waals surface area contributed by atoms with Gasteiger partial charge in [-0.3, -0.25) is 0 Å². The van der Waals surface area contributed by atoms with Crippen LogP contribution in [0, 0.1) is 0 Å². The molecule has 0 heterocycles. The number of benzene rings is 4. The van der Waals surface area contributed by atoms with Gasteiger partial charge in [0.25, 0.3) is 0 Å². The summed E-state index contributed by atoms with van der Waals surface area (Å²) in [6.07, 6.45) is 10.0. The van der Waals surface area contributed by atoms with E-state index in [0.29, 0.717) is 11.1 Å². The van der Waals surface area contributed by atoms with Gasteiger partial charge in [-0.2, -0.15) is 0 Å². The van der Waals surface area contributed by atoms with E-state index in [1.807, 2.05) is 0 Å². The molecule has 4 aromatic rings. The monoisotopic (exact) mass is 558 g/mol. The normalized spacial score (nSPS) is 19.7. The van der Waals surface area contributed by atoms with Gasteiger partial charge in [-0.25, -0.2) is 0 Å². The zero-order valence-corrected chi connectivity index (χ0v) is 26.9. The molecule has 0 saturated carbocycles. The van der Waals surface area contributed by atoms with Crippen molar-refractivity contribution in [1.82, 2.24) is 0 Å². The highest BCUT2D eigenvalue weighted by Gasteiger charge is 2.50. The molecule has 0 aromatic heterocycles. The van der Waals surface area contributed by atoms with Gasteiger partial charge in [0.1, 0.15) is 0 Å². The lowest BCUT2D eigenvalue weighted by atomic mass is 9.99. The first kappa shape index (κ1) is 28.2. The van der Waals surface area contributed by atoms with E-state index in [1.54, 1.807) is 22.3 Å². The average molecular weight is 559 g/mol. The maximum Gasteiger partial charge on any atom is 0.0752 e. The Morgan fingerprint density at radius 3 is 1.63 bits per heavy atom. The fourth-order valence-corrected chi connectivity index (χ4v) is 14.3. The molecule has 41 heavy (non-hydrogen) atoms. The van der Waals surface area contributed by atoms with E-state index in [1.165, 1.54) is 58.0 Å². The van der Waals surface area contributed by atoms with Gasteiger partial charge in [0.05, 0.1) is 13.7 Å². The standard InChI is InChI=1S/C39H46OSi/c1-27-25-31-21-19-29-15-9-11-17-33(29)35(31)37(27)41(6,24-14-8-7-13-23-40-39(3,4)5)38-28(2)26-32-22-20-30-16-10-12-18-34(30)36(32)38/h9-12,15-22,25-26,37-38H,7-8,13-14,23-24H2,1-6H3. The SMILES string of the molecule is CC1=Cc2ccc3ccccc3c2C1[Si](C)(CCCCCCOC(C)(C)C)C1C(C)=Cc2ccc3ccccc3c21. The van der Waals surface area contributed by atoms with Crippen molar-refractivity contribution < 1.29 is 4.74 Å². The first-order valence-corrected chi connectivity index (χ1v) is 18.6. The lowest BCUT2D eigenvalue weighted by Gasteiger charge is -2.43. The van der Waals surface area contributed by atoms with Crippen molar-refractivity contribution in [3.05, 3.63) is 106 Å². The third kappa shape index (κ3) is 5.26. The van der Waals surface area contributed by atoms with E-state index < -0.39 is 8.07 Å². The molecule has 0 radical (unpaired) electrons. The van der Waals surface area contributed by atoms with Gasteiger partial charge in [-0.05, 0) is 84.8 Å². The largest absolute Gasteiger partial charge is 0.376 e. The first-order valence-electron chi connectivity index (χ1n) is 15.7. The quantitative estimate of drug-likeness (QED) is 0.147. The summed E-state index contributed by atoms with van der Waals surface area (Å²) < 4.78 is 6.02. The van der Waals surface area contributed by atoms with Gasteiger partial charge in [-0.15, -0.1) is 0 Å². The summed E-state index contributed by atoms with van der Waals surface area (Å²) >= 11 is 0. The van der Waals surface area contributed by atoms with Crippen LogP contribution < -0.4 is 0 Å². The van der Waals surface area contributed by atoms with E-state index in [4.69, 9.17) is 4.74 Å². The Labute approximate surface area is 248 Å². The predicted octanol–water partition coefficient (Wildman–Crippen LogP) is 11.2. The Kier molecular flexibility index (Phi) is 7.59. The lowest BCUT2D eigenvalue weighted by molar-refractivity contribution is -0.00471. The number of hydrogen-bond acceptors (Lipinski definition) is 1. The number of hydrogen-bond donors (Lipinski definition) is 0. The molecule has 4 aromatic carbocycles. The molecule has 0 fully saturated rings. The van der Waals surface area contributed by atoms with Gasteiger partial charge in [0.2, 0.25) is 0 Å². The highest BCUT2D eigenvalue weighted by Crippen LogP contribution is 2.56. The Hall–Kier alpha value is -2.94. The van der Waals surface area contributed by atoms with Crippen LogP contribution in [0.2, 0.25) is 12.6 Å². The molecule has 0 saturated heterocycles. The second-order valence-electron chi connectivity index (χ2n) is 13.9. The number of unbranched alkanes of at least 4 members (excludes halogenated alkanes) is 3. The van der Waals surface area contributed by atoms with Gasteiger partial charge < -0.3 is 4.74 Å². The van der Waals surface area contributed by atoms with Crippen molar-refractivity contribution in [2.45, 2.75) is 89.6 Å². The van der Waals surface area contributed by atoms with E-state index in [0.717, 1.165) is 13.0 Å². The summed E-state index contributed by atoms with van der Waals surface area (Å²) in [5, 5.41) is 5.66. The highest BCUT2D eigenvalue weighted by atomic mass is 28.3. The topological polar surface area (TPSA) is 9.23 Å². The number of ether oxygens (including phenoxy) is 1. The first-order chi connectivity index (χ1) is 19.7. The third-order valence-corrected chi connectivity index (χ3v) is 15.3. The van der Waals surface area contributed by atoms with Crippen LogP contribution in [-0.4, -0.2) is 20.3 Å². The molecule has 2 aliphatic rings. The maximum atomic E-state index is 6.02. The number of rotatable bonds is 9. The molecule has 2 atom stereocenters. The van der Waals surface area contributed by atoms with Crippen LogP contribution in [0.1, 0.15) is 93.6 Å². The van der Waals surface area contributed by atoms with Crippen LogP contribution in [0.25, 0.3) is 33.7 Å². The molecule has 2 unspecified atom stereocenters. The Morgan fingerprint density at radius 1 is 0.634 bits per heavy atom. The van der Waals surface area contributed by atoms with Gasteiger partial charge in [0, 0.05) is 17.7 Å². The highest BCUT2D eigenvalue weighted by molar-refractivity contribution is 6.83. The Morgan fingerprint density at radius 2 is 1.12 bits per heavy atom. The van der Waals surface area contributed by atoms with Gasteiger partial charge >= 0.3 is 0 Å². The van der Waals surface area contributed by atoms with Crippen LogP contribution in [-0.2, 0) is 4.74 Å². The minimum Gasteiger partial charge on any atom is -0.376 e. The molecule has 2 aliphatic carbocycles. The van der Waals surface area contributed by atoms with Crippen molar-refractivity contribution in [3.8, 4) is 0 Å². The van der Waals surface area contributed by atoms with Gasteiger partial charge in [0.15, 0.2) is 0 Å². The molecule has 212 valence electrons. The van der Waals surface area contributed by atoms with Crippen molar-refractivity contribution in [3.63, 3.8) is 0 Å². The van der Waals surface area contributed by atoms with Crippen molar-refractivity contribution in [2.75, 3.05) is 6.61 Å². The summed E-state index contributed by atoms with van der Waals surface area (Å²) in [6, 6.07) is 28.9. The molecule has 6 rings (SSSR count). The Balaban J connectivity index is 1.40. The van der Waals surface area contributed by atoms with Crippen LogP contribution >= 0.6 is 0 Å². The number of allylic oxidation sites excluding steroid dienone is 2. The maximum absolute atomic E-state index is 6.02. The molecular weight excluding hydrogens is 513 g/mol. The minimum atomic E-state index is -2.01. The van der Waals surface area contributed by atoms with Crippen molar-refractivity contribution in [2.24, 2.45) is 0 Å². The molecule has 0 aliphatic heterocycles. The van der Waals surface area contributed by atoms with E-state index >= 15 is 0 Å². The van der Waals surface area contributed by atoms with Crippen LogP contribution in [0.4, 0.5) is 0 Å². The van der Waals surface area contributed by atoms with Crippen molar-refractivity contribution >= 4 is 41.8 Å². The van der Waals surface area contributed by atoms with E-state index in [-0.39, 0.29) is 5.60 Å². The second kappa shape index (κ2) is 11.0. The number of fused-ring (bicyclic) bond motifs is 6. The summed E-state index contributed by atoms with van der Waals surface area (Å²) in [4.78, 5) is 0. The van der Waals surface area contributed by atoms with E-state index in [9.17, 15) is 0 Å². The smallest absolute Gasteiger partial charge is 0.0752 e. The molecule has 2 heteroatoms. The predicted molar refractivity (Wildman–Crippen MR) is 181 cm³/mol. The molecule has 0 N–H and O–H groups in total. The molecule has 0 amide bonds. The summed E-state index contributed by atoms with van der Waals surface area (Å²) in [5.74, 6) is 0. The molecular formula is C39H46OSi. The Bertz CT molecular complexity index is 1540. The zero-order valence-electron chi connectivity index (χ0n) is 25.9. The summed E-state index contributed by atoms with van der Waals surface area (Å²) in [5.41, 5.74) is 10.2. The fraction of sp³-hybridized carbons (Fsp3) is 0.385. The third-order valence-electron chi connectivity index (χ3n) is 9.73. The minimum absolute atomic E-state index is 0.0452. The van der Waals surface area contributed by atoms with E-state index in [2.05, 4.69) is 126 Å². The summed E-state index contributed by atoms with van der Waals surface area (Å²) in [6.45, 7) is 14.9. The van der Waals surface area contributed by atoms with Crippen LogP contribution in [0.15, 0.2) is 83.9 Å². The lowest BCUT2D eigenvalue weighted by Crippen LogP contribution is -2.45. The zero-order chi connectivity index (χ0) is 28.8. The second-order valence-corrected chi connectivity index (χ2v) is 18.5. The molecule has 0 spiro atoms. The summed E-state index contributed by atoms with van der Waals surface area (Å²) in [7, 11) is -2.01. The molecule has 1 nitrogen and oxygen atoms in total. The van der Waals surface area contributed by atoms with Gasteiger partial charge in [-0.1, -0.05) is 128 Å².